The summed E-state index contributed by atoms with van der Waals surface area (Å²) in [6, 6.07) is 3.45. The molecule has 0 bridgehead atoms. The van der Waals surface area contributed by atoms with Gasteiger partial charge in [0.25, 0.3) is 0 Å². The lowest BCUT2D eigenvalue weighted by atomic mass is 10.2. The first-order valence-electron chi connectivity index (χ1n) is 6.23. The van der Waals surface area contributed by atoms with E-state index in [9.17, 15) is 4.79 Å². The van der Waals surface area contributed by atoms with Gasteiger partial charge in [-0.15, -0.1) is 5.10 Å². The predicted octanol–water partition coefficient (Wildman–Crippen LogP) is 2.18. The number of hydrogen-bond donors (Lipinski definition) is 1. The first-order valence-corrected chi connectivity index (χ1v) is 7.42. The summed E-state index contributed by atoms with van der Waals surface area (Å²) in [7, 11) is 1.31. The Balaban J connectivity index is 2.01. The molecule has 0 radical (unpaired) electrons. The summed E-state index contributed by atoms with van der Waals surface area (Å²) in [5, 5.41) is 12.6. The van der Waals surface area contributed by atoms with Gasteiger partial charge in [0, 0.05) is 10.6 Å². The van der Waals surface area contributed by atoms with E-state index in [0.29, 0.717) is 32.4 Å². The van der Waals surface area contributed by atoms with Crippen molar-refractivity contribution >= 4 is 35.0 Å². The van der Waals surface area contributed by atoms with Gasteiger partial charge in [0.15, 0.2) is 0 Å². The van der Waals surface area contributed by atoms with Gasteiger partial charge in [0.2, 0.25) is 5.16 Å². The number of esters is 1. The van der Waals surface area contributed by atoms with Crippen molar-refractivity contribution in [3.05, 3.63) is 22.7 Å². The van der Waals surface area contributed by atoms with Gasteiger partial charge in [-0.25, -0.2) is 9.48 Å². The SMILES string of the molecule is COC(=O)c1cc(N)cc(Cl)c1Sc1nnnn1C1CC1. The molecular formula is C12H12ClN5O2S. The topological polar surface area (TPSA) is 95.9 Å². The molecule has 0 spiro atoms. The highest BCUT2D eigenvalue weighted by molar-refractivity contribution is 7.99. The van der Waals surface area contributed by atoms with Gasteiger partial charge in [-0.2, -0.15) is 0 Å². The van der Waals surface area contributed by atoms with E-state index in [0.717, 1.165) is 12.8 Å². The molecule has 110 valence electrons. The lowest BCUT2D eigenvalue weighted by Gasteiger charge is -2.10. The van der Waals surface area contributed by atoms with Crippen molar-refractivity contribution in [2.75, 3.05) is 12.8 Å². The van der Waals surface area contributed by atoms with Gasteiger partial charge in [-0.3, -0.25) is 0 Å². The van der Waals surface area contributed by atoms with E-state index in [4.69, 9.17) is 22.1 Å². The van der Waals surface area contributed by atoms with E-state index < -0.39 is 5.97 Å². The van der Waals surface area contributed by atoms with Crippen LogP contribution in [-0.4, -0.2) is 33.3 Å². The van der Waals surface area contributed by atoms with Crippen LogP contribution in [0.4, 0.5) is 5.69 Å². The Morgan fingerprint density at radius 3 is 2.95 bits per heavy atom. The van der Waals surface area contributed by atoms with Crippen LogP contribution < -0.4 is 5.73 Å². The maximum absolute atomic E-state index is 11.9. The number of carbonyl (C=O) groups excluding carboxylic acids is 1. The standard InChI is InChI=1S/C12H12ClN5O2S/c1-20-11(19)8-4-6(14)5-9(13)10(8)21-12-15-16-17-18(12)7-2-3-7/h4-5,7H,2-3,14H2,1H3. The molecule has 3 rings (SSSR count). The molecule has 1 aromatic heterocycles. The van der Waals surface area contributed by atoms with E-state index >= 15 is 0 Å². The number of ether oxygens (including phenoxy) is 1. The zero-order chi connectivity index (χ0) is 15.0. The Hall–Kier alpha value is -1.80. The molecule has 9 heteroatoms. The quantitative estimate of drug-likeness (QED) is 0.679. The summed E-state index contributed by atoms with van der Waals surface area (Å²) in [4.78, 5) is 12.4. The number of methoxy groups -OCH3 is 1. The minimum Gasteiger partial charge on any atom is -0.465 e. The predicted molar refractivity (Wildman–Crippen MR) is 77.4 cm³/mol. The number of benzene rings is 1. The van der Waals surface area contributed by atoms with Crippen molar-refractivity contribution in [3.63, 3.8) is 0 Å². The first-order chi connectivity index (χ1) is 10.1. The van der Waals surface area contributed by atoms with Gasteiger partial charge < -0.3 is 10.5 Å². The number of anilines is 1. The Morgan fingerprint density at radius 2 is 2.29 bits per heavy atom. The molecule has 2 aromatic rings. The number of carbonyl (C=O) groups is 1. The summed E-state index contributed by atoms with van der Waals surface area (Å²) < 4.78 is 6.52. The molecule has 1 aliphatic carbocycles. The summed E-state index contributed by atoms with van der Waals surface area (Å²) in [5.41, 5.74) is 6.43. The van der Waals surface area contributed by atoms with Crippen molar-refractivity contribution in [1.82, 2.24) is 20.2 Å². The number of rotatable bonds is 4. The highest BCUT2D eigenvalue weighted by Gasteiger charge is 2.29. The number of nitrogen functional groups attached to an aromatic ring is 1. The number of nitrogens with zero attached hydrogens (tertiary/aromatic N) is 4. The average molecular weight is 326 g/mol. The van der Waals surface area contributed by atoms with Crippen LogP contribution in [0.25, 0.3) is 0 Å². The van der Waals surface area contributed by atoms with Crippen LogP contribution in [-0.2, 0) is 4.74 Å². The van der Waals surface area contributed by atoms with Crippen molar-refractivity contribution in [2.24, 2.45) is 0 Å². The van der Waals surface area contributed by atoms with Crippen LogP contribution in [0.3, 0.4) is 0 Å². The Morgan fingerprint density at radius 1 is 1.52 bits per heavy atom. The Bertz CT molecular complexity index is 701. The van der Waals surface area contributed by atoms with Gasteiger partial charge in [0.05, 0.1) is 23.7 Å². The van der Waals surface area contributed by atoms with Gasteiger partial charge in [-0.05, 0) is 47.2 Å². The Labute approximate surface area is 129 Å². The van der Waals surface area contributed by atoms with E-state index in [1.54, 1.807) is 10.7 Å². The monoisotopic (exact) mass is 325 g/mol. The zero-order valence-corrected chi connectivity index (χ0v) is 12.7. The molecule has 1 aliphatic rings. The fraction of sp³-hybridized carbons (Fsp3) is 0.333. The van der Waals surface area contributed by atoms with Crippen molar-refractivity contribution in [1.29, 1.82) is 0 Å². The van der Waals surface area contributed by atoms with E-state index in [1.165, 1.54) is 24.9 Å². The van der Waals surface area contributed by atoms with Crippen LogP contribution in [0.15, 0.2) is 22.2 Å². The lowest BCUT2D eigenvalue weighted by molar-refractivity contribution is 0.0597. The van der Waals surface area contributed by atoms with Crippen LogP contribution >= 0.6 is 23.4 Å². The fourth-order valence-corrected chi connectivity index (χ4v) is 3.16. The Kier molecular flexibility index (Phi) is 3.73. The minimum absolute atomic E-state index is 0.304. The highest BCUT2D eigenvalue weighted by atomic mass is 35.5. The molecular weight excluding hydrogens is 314 g/mol. The molecule has 0 saturated heterocycles. The van der Waals surface area contributed by atoms with Crippen LogP contribution in [0.2, 0.25) is 5.02 Å². The second-order valence-corrected chi connectivity index (χ2v) is 5.99. The minimum atomic E-state index is -0.503. The molecule has 1 aromatic carbocycles. The number of halogens is 1. The van der Waals surface area contributed by atoms with Crippen molar-refractivity contribution in [2.45, 2.75) is 28.9 Å². The first kappa shape index (κ1) is 14.2. The third kappa shape index (κ3) is 2.81. The molecule has 0 amide bonds. The molecule has 7 nitrogen and oxygen atoms in total. The zero-order valence-electron chi connectivity index (χ0n) is 11.1. The molecule has 1 saturated carbocycles. The number of tetrazole rings is 1. The van der Waals surface area contributed by atoms with E-state index in [1.807, 2.05) is 0 Å². The summed E-state index contributed by atoms with van der Waals surface area (Å²) in [5.74, 6) is -0.503. The highest BCUT2D eigenvalue weighted by Crippen LogP contribution is 2.41. The maximum Gasteiger partial charge on any atom is 0.339 e. The number of aromatic nitrogens is 4. The molecule has 2 N–H and O–H groups in total. The molecule has 0 aliphatic heterocycles. The van der Waals surface area contributed by atoms with Gasteiger partial charge in [0.1, 0.15) is 0 Å². The van der Waals surface area contributed by atoms with E-state index in [2.05, 4.69) is 15.5 Å². The van der Waals surface area contributed by atoms with E-state index in [-0.39, 0.29) is 0 Å². The number of nitrogens with two attached hydrogens (primary N) is 1. The molecule has 0 atom stereocenters. The summed E-state index contributed by atoms with van der Waals surface area (Å²) >= 11 is 7.45. The van der Waals surface area contributed by atoms with Gasteiger partial charge in [-0.1, -0.05) is 11.6 Å². The summed E-state index contributed by atoms with van der Waals surface area (Å²) in [6.07, 6.45) is 2.11. The molecule has 0 unspecified atom stereocenters. The second-order valence-electron chi connectivity index (χ2n) is 4.61. The molecule has 1 fully saturated rings. The smallest absolute Gasteiger partial charge is 0.339 e. The third-order valence-corrected chi connectivity index (χ3v) is 4.53. The van der Waals surface area contributed by atoms with Gasteiger partial charge >= 0.3 is 5.97 Å². The fourth-order valence-electron chi connectivity index (χ4n) is 1.87. The number of hydrogen-bond acceptors (Lipinski definition) is 7. The van der Waals surface area contributed by atoms with Crippen LogP contribution in [0.1, 0.15) is 29.2 Å². The largest absolute Gasteiger partial charge is 0.465 e. The van der Waals surface area contributed by atoms with Crippen LogP contribution in [0, 0.1) is 0 Å². The average Bonchev–Trinajstić information content (AvgIpc) is 3.20. The summed E-state index contributed by atoms with van der Waals surface area (Å²) in [6.45, 7) is 0. The maximum atomic E-state index is 11.9. The van der Waals surface area contributed by atoms with Crippen LogP contribution in [0.5, 0.6) is 0 Å². The third-order valence-electron chi connectivity index (χ3n) is 3.02. The molecule has 21 heavy (non-hydrogen) atoms. The lowest BCUT2D eigenvalue weighted by Crippen LogP contribution is -2.06. The molecule has 1 heterocycles. The second kappa shape index (κ2) is 5.53. The van der Waals surface area contributed by atoms with Crippen molar-refractivity contribution < 1.29 is 9.53 Å². The van der Waals surface area contributed by atoms with Crippen molar-refractivity contribution in [3.8, 4) is 0 Å². The normalized spacial score (nSPS) is 14.2.